The van der Waals surface area contributed by atoms with Crippen molar-refractivity contribution in [2.24, 2.45) is 5.84 Å². The van der Waals surface area contributed by atoms with Crippen molar-refractivity contribution in [3.63, 3.8) is 0 Å². The van der Waals surface area contributed by atoms with Gasteiger partial charge in [0.25, 0.3) is 0 Å². The van der Waals surface area contributed by atoms with Crippen LogP contribution in [0.15, 0.2) is 36.4 Å². The summed E-state index contributed by atoms with van der Waals surface area (Å²) in [6.45, 7) is 3.94. The fourth-order valence-electron chi connectivity index (χ4n) is 2.19. The van der Waals surface area contributed by atoms with Crippen molar-refractivity contribution in [1.82, 2.24) is 15.5 Å². The molecular formula is C18H24F3N5O3. The van der Waals surface area contributed by atoms with Gasteiger partial charge in [-0.05, 0) is 38.1 Å². The molecule has 2 rings (SSSR count). The minimum absolute atomic E-state index is 0.0375. The maximum absolute atomic E-state index is 12.7. The highest BCUT2D eigenvalue weighted by molar-refractivity contribution is 5.32. The van der Waals surface area contributed by atoms with E-state index in [1.165, 1.54) is 12.1 Å². The number of rotatable bonds is 10. The second-order valence-corrected chi connectivity index (χ2v) is 6.95. The average Bonchev–Trinajstić information content (AvgIpc) is 2.69. The molecule has 0 radical (unpaired) electrons. The lowest BCUT2D eigenvalue weighted by molar-refractivity contribution is -0.137. The van der Waals surface area contributed by atoms with Gasteiger partial charge in [-0.25, -0.2) is 5.84 Å². The molecule has 160 valence electrons. The van der Waals surface area contributed by atoms with Crippen LogP contribution in [0.4, 0.5) is 19.0 Å². The molecule has 2 aromatic rings. The molecule has 1 aromatic heterocycles. The Morgan fingerprint density at radius 2 is 1.90 bits per heavy atom. The number of alkyl halides is 3. The molecule has 1 unspecified atom stereocenters. The first-order chi connectivity index (χ1) is 13.6. The van der Waals surface area contributed by atoms with E-state index in [0.29, 0.717) is 11.7 Å². The molecule has 0 fully saturated rings. The number of hydrazine groups is 1. The van der Waals surface area contributed by atoms with Gasteiger partial charge in [0.2, 0.25) is 5.88 Å². The molecule has 0 bridgehead atoms. The lowest BCUT2D eigenvalue weighted by atomic mass is 10.1. The lowest BCUT2D eigenvalue weighted by Gasteiger charge is -2.27. The quantitative estimate of drug-likeness (QED) is 0.344. The minimum Gasteiger partial charge on any atom is -0.491 e. The van der Waals surface area contributed by atoms with Gasteiger partial charge in [-0.2, -0.15) is 13.2 Å². The number of hydrogen-bond acceptors (Lipinski definition) is 8. The molecule has 29 heavy (non-hydrogen) atoms. The number of ether oxygens (including phenoxy) is 2. The van der Waals surface area contributed by atoms with Gasteiger partial charge >= 0.3 is 6.18 Å². The summed E-state index contributed by atoms with van der Waals surface area (Å²) in [6, 6.07) is 7.72. The highest BCUT2D eigenvalue weighted by Gasteiger charge is 2.30. The van der Waals surface area contributed by atoms with E-state index in [0.717, 1.165) is 12.1 Å². The van der Waals surface area contributed by atoms with Gasteiger partial charge in [0, 0.05) is 18.2 Å². The Bertz CT molecular complexity index is 772. The lowest BCUT2D eigenvalue weighted by Crippen LogP contribution is -2.48. The van der Waals surface area contributed by atoms with E-state index in [-0.39, 0.29) is 25.5 Å². The molecule has 5 N–H and O–H groups in total. The SMILES string of the molecule is CC(C)(COc1ccc(NN)nn1)NCC(O)COc1cccc(C(F)(F)F)c1. The molecule has 0 saturated heterocycles. The van der Waals surface area contributed by atoms with Crippen LogP contribution in [0.2, 0.25) is 0 Å². The van der Waals surface area contributed by atoms with Crippen molar-refractivity contribution >= 4 is 5.82 Å². The normalized spacial score (nSPS) is 13.1. The smallest absolute Gasteiger partial charge is 0.416 e. The first-order valence-electron chi connectivity index (χ1n) is 8.75. The molecule has 0 spiro atoms. The molecule has 11 heteroatoms. The van der Waals surface area contributed by atoms with Gasteiger partial charge in [-0.15, -0.1) is 10.2 Å². The Balaban J connectivity index is 1.76. The first kappa shape index (κ1) is 22.7. The van der Waals surface area contributed by atoms with E-state index < -0.39 is 23.4 Å². The molecule has 0 aliphatic rings. The Hall–Kier alpha value is -2.63. The summed E-state index contributed by atoms with van der Waals surface area (Å²) in [6.07, 6.45) is -5.38. The molecule has 1 atom stereocenters. The third kappa shape index (κ3) is 7.72. The number of β-amino-alcohol motifs (C(OH)–C–C–N with tert-alkyl or cyclic N) is 1. The van der Waals surface area contributed by atoms with E-state index in [2.05, 4.69) is 20.9 Å². The predicted octanol–water partition coefficient (Wildman–Crippen LogP) is 1.97. The molecule has 1 aromatic carbocycles. The van der Waals surface area contributed by atoms with Crippen LogP contribution in [0.1, 0.15) is 19.4 Å². The summed E-state index contributed by atoms with van der Waals surface area (Å²) in [4.78, 5) is 0. The first-order valence-corrected chi connectivity index (χ1v) is 8.75. The molecule has 0 saturated carbocycles. The number of nitrogens with two attached hydrogens (primary N) is 1. The van der Waals surface area contributed by atoms with E-state index in [1.807, 2.05) is 13.8 Å². The van der Waals surface area contributed by atoms with Crippen molar-refractivity contribution in [2.75, 3.05) is 25.2 Å². The van der Waals surface area contributed by atoms with Crippen LogP contribution in [0.25, 0.3) is 0 Å². The van der Waals surface area contributed by atoms with Gasteiger partial charge < -0.3 is 25.3 Å². The highest BCUT2D eigenvalue weighted by atomic mass is 19.4. The van der Waals surface area contributed by atoms with Crippen LogP contribution in [0.5, 0.6) is 11.6 Å². The number of anilines is 1. The van der Waals surface area contributed by atoms with E-state index in [1.54, 1.807) is 12.1 Å². The zero-order chi connectivity index (χ0) is 21.5. The van der Waals surface area contributed by atoms with Crippen molar-refractivity contribution in [2.45, 2.75) is 31.7 Å². The third-order valence-electron chi connectivity index (χ3n) is 3.79. The maximum Gasteiger partial charge on any atom is 0.416 e. The molecular weight excluding hydrogens is 391 g/mol. The van der Waals surface area contributed by atoms with E-state index in [9.17, 15) is 18.3 Å². The van der Waals surface area contributed by atoms with Gasteiger partial charge in [0.05, 0.1) is 5.56 Å². The van der Waals surface area contributed by atoms with Gasteiger partial charge in [0.15, 0.2) is 5.82 Å². The van der Waals surface area contributed by atoms with Crippen molar-refractivity contribution in [3.8, 4) is 11.6 Å². The Labute approximate surface area is 166 Å². The number of nitrogens with zero attached hydrogens (tertiary/aromatic N) is 2. The number of nitrogens with one attached hydrogen (secondary N) is 2. The molecule has 0 amide bonds. The standard InChI is InChI=1S/C18H24F3N5O3/c1-17(2,11-29-16-7-6-15(24-22)25-26-16)23-9-13(27)10-28-14-5-3-4-12(8-14)18(19,20)21/h3-8,13,23,27H,9-11,22H2,1-2H3,(H,24,25). The fourth-order valence-corrected chi connectivity index (χ4v) is 2.19. The van der Waals surface area contributed by atoms with Crippen molar-refractivity contribution < 1.29 is 27.8 Å². The minimum atomic E-state index is -4.45. The van der Waals surface area contributed by atoms with E-state index >= 15 is 0 Å². The van der Waals surface area contributed by atoms with Crippen LogP contribution in [0.3, 0.4) is 0 Å². The topological polar surface area (TPSA) is 115 Å². The number of halogens is 3. The number of aromatic nitrogens is 2. The Morgan fingerprint density at radius 3 is 2.52 bits per heavy atom. The van der Waals surface area contributed by atoms with Crippen molar-refractivity contribution in [3.05, 3.63) is 42.0 Å². The molecule has 0 aliphatic heterocycles. The van der Waals surface area contributed by atoms with E-state index in [4.69, 9.17) is 15.3 Å². The summed E-state index contributed by atoms with van der Waals surface area (Å²) in [5.41, 5.74) is 1.03. The van der Waals surface area contributed by atoms with Crippen LogP contribution in [-0.4, -0.2) is 46.7 Å². The number of hydrogen-bond donors (Lipinski definition) is 4. The molecule has 8 nitrogen and oxygen atoms in total. The predicted molar refractivity (Wildman–Crippen MR) is 100 cm³/mol. The summed E-state index contributed by atoms with van der Waals surface area (Å²) < 4.78 is 48.9. The van der Waals surface area contributed by atoms with Gasteiger partial charge in [-0.1, -0.05) is 6.07 Å². The number of aliphatic hydroxyl groups excluding tert-OH is 1. The summed E-state index contributed by atoms with van der Waals surface area (Å²) in [5, 5.41) is 20.8. The van der Waals surface area contributed by atoms with Crippen molar-refractivity contribution in [1.29, 1.82) is 0 Å². The Morgan fingerprint density at radius 1 is 1.14 bits per heavy atom. The summed E-state index contributed by atoms with van der Waals surface area (Å²) >= 11 is 0. The van der Waals surface area contributed by atoms with Gasteiger partial charge in [0.1, 0.15) is 25.1 Å². The summed E-state index contributed by atoms with van der Waals surface area (Å²) in [5.74, 6) is 5.96. The third-order valence-corrected chi connectivity index (χ3v) is 3.79. The van der Waals surface area contributed by atoms with Crippen LogP contribution in [0, 0.1) is 0 Å². The molecule has 1 heterocycles. The summed E-state index contributed by atoms with van der Waals surface area (Å²) in [7, 11) is 0. The second-order valence-electron chi connectivity index (χ2n) is 6.95. The maximum atomic E-state index is 12.7. The monoisotopic (exact) mass is 415 g/mol. The number of nitrogen functional groups attached to an aromatic ring is 1. The van der Waals surface area contributed by atoms with Crippen LogP contribution < -0.4 is 26.1 Å². The zero-order valence-corrected chi connectivity index (χ0v) is 16.0. The van der Waals surface area contributed by atoms with Crippen LogP contribution >= 0.6 is 0 Å². The second kappa shape index (κ2) is 9.72. The zero-order valence-electron chi connectivity index (χ0n) is 16.0. The van der Waals surface area contributed by atoms with Crippen LogP contribution in [-0.2, 0) is 6.18 Å². The molecule has 0 aliphatic carbocycles. The average molecular weight is 415 g/mol. The fraction of sp³-hybridized carbons (Fsp3) is 0.444. The highest BCUT2D eigenvalue weighted by Crippen LogP contribution is 2.31. The largest absolute Gasteiger partial charge is 0.491 e. The number of benzene rings is 1. The Kier molecular flexibility index (Phi) is 7.59. The van der Waals surface area contributed by atoms with Gasteiger partial charge in [-0.3, -0.25) is 0 Å². The number of aliphatic hydroxyl groups is 1.